The number of hydrogen-bond acceptors (Lipinski definition) is 3. The number of carbonyl (C=O) groups is 1. The Morgan fingerprint density at radius 3 is 2.43 bits per heavy atom. The van der Waals surface area contributed by atoms with Gasteiger partial charge in [0.1, 0.15) is 5.75 Å². The largest absolute Gasteiger partial charge is 0.497 e. The predicted molar refractivity (Wildman–Crippen MR) is 85.9 cm³/mol. The summed E-state index contributed by atoms with van der Waals surface area (Å²) in [4.78, 5) is 16.7. The highest BCUT2D eigenvalue weighted by Gasteiger charge is 2.25. The molecule has 0 aliphatic carbocycles. The molecule has 0 atom stereocenters. The van der Waals surface area contributed by atoms with Crippen LogP contribution in [0.15, 0.2) is 24.3 Å². The summed E-state index contributed by atoms with van der Waals surface area (Å²) in [7, 11) is 1.69. The highest BCUT2D eigenvalue weighted by atomic mass is 16.5. The molecule has 4 heteroatoms. The molecular weight excluding hydrogens is 264 g/mol. The van der Waals surface area contributed by atoms with Crippen LogP contribution in [0.3, 0.4) is 0 Å². The summed E-state index contributed by atoms with van der Waals surface area (Å²) < 4.78 is 5.27. The second kappa shape index (κ2) is 7.34. The number of carbonyl (C=O) groups excluding carboxylic acids is 1. The summed E-state index contributed by atoms with van der Waals surface area (Å²) in [6.45, 7) is 7.59. The van der Waals surface area contributed by atoms with Crippen LogP contribution < -0.4 is 9.64 Å². The molecule has 1 saturated heterocycles. The van der Waals surface area contributed by atoms with Gasteiger partial charge >= 0.3 is 0 Å². The molecule has 0 bridgehead atoms. The molecule has 0 spiro atoms. The Hall–Kier alpha value is -1.71. The van der Waals surface area contributed by atoms with E-state index in [1.54, 1.807) is 7.11 Å². The molecule has 0 saturated carbocycles. The minimum Gasteiger partial charge on any atom is -0.497 e. The van der Waals surface area contributed by atoms with Crippen LogP contribution >= 0.6 is 0 Å². The van der Waals surface area contributed by atoms with Crippen molar-refractivity contribution in [3.63, 3.8) is 0 Å². The van der Waals surface area contributed by atoms with E-state index in [4.69, 9.17) is 4.74 Å². The fraction of sp³-hybridized carbons (Fsp3) is 0.588. The van der Waals surface area contributed by atoms with Crippen LogP contribution in [0, 0.1) is 5.92 Å². The minimum absolute atomic E-state index is 0.188. The maximum absolute atomic E-state index is 12.4. The van der Waals surface area contributed by atoms with E-state index in [9.17, 15) is 4.79 Å². The molecular formula is C17H26N2O2. The van der Waals surface area contributed by atoms with Gasteiger partial charge in [-0.15, -0.1) is 0 Å². The summed E-state index contributed by atoms with van der Waals surface area (Å²) in [5.74, 6) is 1.39. The Balaban J connectivity index is 1.95. The highest BCUT2D eigenvalue weighted by Crippen LogP contribution is 2.23. The van der Waals surface area contributed by atoms with E-state index < -0.39 is 0 Å². The Kier molecular flexibility index (Phi) is 5.48. The van der Waals surface area contributed by atoms with E-state index in [2.05, 4.69) is 30.9 Å². The number of benzene rings is 1. The zero-order chi connectivity index (χ0) is 15.2. The van der Waals surface area contributed by atoms with E-state index in [-0.39, 0.29) is 5.92 Å². The number of piperazine rings is 1. The molecule has 1 aliphatic heterocycles. The Morgan fingerprint density at radius 2 is 1.86 bits per heavy atom. The lowest BCUT2D eigenvalue weighted by Gasteiger charge is -2.37. The molecule has 1 aromatic rings. The number of rotatable bonds is 5. The van der Waals surface area contributed by atoms with Gasteiger partial charge in [-0.25, -0.2) is 0 Å². The Morgan fingerprint density at radius 1 is 1.19 bits per heavy atom. The van der Waals surface area contributed by atoms with Crippen molar-refractivity contribution in [1.29, 1.82) is 0 Å². The monoisotopic (exact) mass is 290 g/mol. The first kappa shape index (κ1) is 15.7. The van der Waals surface area contributed by atoms with Crippen molar-refractivity contribution in [3.8, 4) is 5.75 Å². The van der Waals surface area contributed by atoms with Gasteiger partial charge < -0.3 is 14.5 Å². The fourth-order valence-corrected chi connectivity index (χ4v) is 2.89. The normalized spacial score (nSPS) is 15.4. The van der Waals surface area contributed by atoms with Gasteiger partial charge in [0.05, 0.1) is 7.11 Å². The second-order valence-electron chi connectivity index (χ2n) is 5.53. The van der Waals surface area contributed by atoms with Gasteiger partial charge in [0, 0.05) is 43.9 Å². The summed E-state index contributed by atoms with van der Waals surface area (Å²) >= 11 is 0. The quantitative estimate of drug-likeness (QED) is 0.836. The number of methoxy groups -OCH3 is 1. The molecule has 0 radical (unpaired) electrons. The lowest BCUT2D eigenvalue weighted by Crippen LogP contribution is -2.50. The fourth-order valence-electron chi connectivity index (χ4n) is 2.89. The summed E-state index contributed by atoms with van der Waals surface area (Å²) in [5.41, 5.74) is 1.17. The average molecular weight is 290 g/mol. The van der Waals surface area contributed by atoms with Crippen LogP contribution in [0.25, 0.3) is 0 Å². The lowest BCUT2D eigenvalue weighted by molar-refractivity contribution is -0.136. The molecule has 1 amide bonds. The summed E-state index contributed by atoms with van der Waals surface area (Å²) in [6.07, 6.45) is 1.87. The third-order valence-electron chi connectivity index (χ3n) is 4.34. The predicted octanol–water partition coefficient (Wildman–Crippen LogP) is 2.78. The van der Waals surface area contributed by atoms with Crippen molar-refractivity contribution in [1.82, 2.24) is 4.90 Å². The standard InChI is InChI=1S/C17H26N2O2/c1-4-14(5-2)17(20)19-11-9-18(10-12-19)15-7-6-8-16(13-15)21-3/h6-8,13-14H,4-5,9-12H2,1-3H3. The first-order valence-corrected chi connectivity index (χ1v) is 7.87. The van der Waals surface area contributed by atoms with Crippen LogP contribution in [-0.4, -0.2) is 44.1 Å². The van der Waals surface area contributed by atoms with E-state index in [1.807, 2.05) is 17.0 Å². The van der Waals surface area contributed by atoms with Gasteiger partial charge in [-0.2, -0.15) is 0 Å². The molecule has 21 heavy (non-hydrogen) atoms. The van der Waals surface area contributed by atoms with Crippen molar-refractivity contribution in [3.05, 3.63) is 24.3 Å². The molecule has 4 nitrogen and oxygen atoms in total. The molecule has 1 aliphatic rings. The summed E-state index contributed by atoms with van der Waals surface area (Å²) in [5, 5.41) is 0. The molecule has 0 aromatic heterocycles. The maximum atomic E-state index is 12.4. The molecule has 0 unspecified atom stereocenters. The van der Waals surface area contributed by atoms with Crippen LogP contribution in [0.4, 0.5) is 5.69 Å². The van der Waals surface area contributed by atoms with Crippen LogP contribution in [0.1, 0.15) is 26.7 Å². The molecule has 1 fully saturated rings. The number of ether oxygens (including phenoxy) is 1. The number of anilines is 1. The molecule has 1 heterocycles. The average Bonchev–Trinajstić information content (AvgIpc) is 2.56. The topological polar surface area (TPSA) is 32.8 Å². The third kappa shape index (κ3) is 3.69. The lowest BCUT2D eigenvalue weighted by atomic mass is 10.0. The molecule has 0 N–H and O–H groups in total. The smallest absolute Gasteiger partial charge is 0.225 e. The SMILES string of the molecule is CCC(CC)C(=O)N1CCN(c2cccc(OC)c2)CC1. The Bertz CT molecular complexity index is 464. The van der Waals surface area contributed by atoms with Crippen LogP contribution in [-0.2, 0) is 4.79 Å². The molecule has 2 rings (SSSR count). The van der Waals surface area contributed by atoms with Crippen molar-refractivity contribution < 1.29 is 9.53 Å². The first-order valence-electron chi connectivity index (χ1n) is 7.87. The second-order valence-corrected chi connectivity index (χ2v) is 5.53. The van der Waals surface area contributed by atoms with Crippen LogP contribution in [0.2, 0.25) is 0 Å². The summed E-state index contributed by atoms with van der Waals surface area (Å²) in [6, 6.07) is 8.12. The van der Waals surface area contributed by atoms with Crippen molar-refractivity contribution in [2.75, 3.05) is 38.2 Å². The minimum atomic E-state index is 0.188. The number of hydrogen-bond donors (Lipinski definition) is 0. The van der Waals surface area contributed by atoms with E-state index in [0.29, 0.717) is 5.91 Å². The zero-order valence-electron chi connectivity index (χ0n) is 13.3. The van der Waals surface area contributed by atoms with Gasteiger partial charge in [0.15, 0.2) is 0 Å². The van der Waals surface area contributed by atoms with Gasteiger partial charge in [-0.1, -0.05) is 19.9 Å². The molecule has 116 valence electrons. The number of amides is 1. The van der Waals surface area contributed by atoms with Gasteiger partial charge in [-0.3, -0.25) is 4.79 Å². The number of nitrogens with zero attached hydrogens (tertiary/aromatic N) is 2. The van der Waals surface area contributed by atoms with Crippen molar-refractivity contribution in [2.45, 2.75) is 26.7 Å². The first-order chi connectivity index (χ1) is 10.2. The Labute approximate surface area is 127 Å². The zero-order valence-corrected chi connectivity index (χ0v) is 13.3. The van der Waals surface area contributed by atoms with Gasteiger partial charge in [0.25, 0.3) is 0 Å². The van der Waals surface area contributed by atoms with Gasteiger partial charge in [0.2, 0.25) is 5.91 Å². The van der Waals surface area contributed by atoms with Gasteiger partial charge in [-0.05, 0) is 25.0 Å². The maximum Gasteiger partial charge on any atom is 0.225 e. The van der Waals surface area contributed by atoms with E-state index >= 15 is 0 Å². The van der Waals surface area contributed by atoms with E-state index in [1.165, 1.54) is 5.69 Å². The highest BCUT2D eigenvalue weighted by molar-refractivity contribution is 5.79. The van der Waals surface area contributed by atoms with Crippen molar-refractivity contribution >= 4 is 11.6 Å². The van der Waals surface area contributed by atoms with E-state index in [0.717, 1.165) is 44.8 Å². The van der Waals surface area contributed by atoms with Crippen molar-refractivity contribution in [2.24, 2.45) is 5.92 Å². The molecule has 1 aromatic carbocycles. The third-order valence-corrected chi connectivity index (χ3v) is 4.34. The van der Waals surface area contributed by atoms with Crippen LogP contribution in [0.5, 0.6) is 5.75 Å².